The largest absolute Gasteiger partial charge is 0.368 e. The van der Waals surface area contributed by atoms with E-state index in [4.69, 9.17) is 13.8 Å². The van der Waals surface area contributed by atoms with Crippen LogP contribution < -0.4 is 5.32 Å². The van der Waals surface area contributed by atoms with Crippen molar-refractivity contribution in [3.8, 4) is 0 Å². The number of hydrogen-bond acceptors (Lipinski definition) is 7. The van der Waals surface area contributed by atoms with E-state index in [0.29, 0.717) is 36.0 Å². The van der Waals surface area contributed by atoms with Crippen molar-refractivity contribution >= 4 is 16.9 Å². The third-order valence-electron chi connectivity index (χ3n) is 4.14. The van der Waals surface area contributed by atoms with Gasteiger partial charge in [-0.25, -0.2) is 0 Å². The van der Waals surface area contributed by atoms with E-state index >= 15 is 0 Å². The molecule has 0 spiro atoms. The molecule has 0 radical (unpaired) electrons. The number of amides is 1. The third-order valence-corrected chi connectivity index (χ3v) is 4.14. The van der Waals surface area contributed by atoms with Crippen LogP contribution in [0.3, 0.4) is 0 Å². The molecular formula is C17H18N4O4. The van der Waals surface area contributed by atoms with E-state index in [-0.39, 0.29) is 18.4 Å². The van der Waals surface area contributed by atoms with Gasteiger partial charge in [-0.05, 0) is 25.0 Å². The predicted molar refractivity (Wildman–Crippen MR) is 86.7 cm³/mol. The van der Waals surface area contributed by atoms with Crippen molar-refractivity contribution in [3.05, 3.63) is 41.7 Å². The van der Waals surface area contributed by atoms with Gasteiger partial charge >= 0.3 is 0 Å². The Hall–Kier alpha value is -2.74. The van der Waals surface area contributed by atoms with Crippen molar-refractivity contribution in [2.45, 2.75) is 31.8 Å². The first-order chi connectivity index (χ1) is 12.3. The molecule has 130 valence electrons. The molecule has 3 aromatic rings. The van der Waals surface area contributed by atoms with Gasteiger partial charge in [-0.15, -0.1) is 0 Å². The fraction of sp³-hybridized carbons (Fsp3) is 0.412. The van der Waals surface area contributed by atoms with E-state index in [1.165, 1.54) is 0 Å². The standard InChI is InChI=1S/C17H18N4O4/c22-16(10-12-11-4-1-2-5-13(11)24-20-12)18-8-7-15-19-17(25-21-15)14-6-3-9-23-14/h1-2,4-5,14H,3,6-10H2,(H,18,22). The molecule has 1 N–H and O–H groups in total. The Morgan fingerprint density at radius 2 is 2.16 bits per heavy atom. The van der Waals surface area contributed by atoms with Crippen LogP contribution in [-0.2, 0) is 22.4 Å². The maximum absolute atomic E-state index is 12.1. The first-order valence-electron chi connectivity index (χ1n) is 8.33. The highest BCUT2D eigenvalue weighted by molar-refractivity contribution is 5.86. The van der Waals surface area contributed by atoms with Crippen LogP contribution in [0.5, 0.6) is 0 Å². The maximum atomic E-state index is 12.1. The zero-order valence-corrected chi connectivity index (χ0v) is 13.6. The van der Waals surface area contributed by atoms with Crippen molar-refractivity contribution in [2.75, 3.05) is 13.2 Å². The Bertz CT molecular complexity index is 866. The molecule has 1 aromatic carbocycles. The monoisotopic (exact) mass is 342 g/mol. The summed E-state index contributed by atoms with van der Waals surface area (Å²) in [6.07, 6.45) is 2.50. The molecule has 1 saturated heterocycles. The van der Waals surface area contributed by atoms with Gasteiger partial charge < -0.3 is 19.1 Å². The van der Waals surface area contributed by atoms with Gasteiger partial charge in [-0.1, -0.05) is 22.4 Å². The van der Waals surface area contributed by atoms with Gasteiger partial charge in [-0.3, -0.25) is 4.79 Å². The summed E-state index contributed by atoms with van der Waals surface area (Å²) >= 11 is 0. The second-order valence-electron chi connectivity index (χ2n) is 5.95. The Balaban J connectivity index is 1.27. The number of benzene rings is 1. The SMILES string of the molecule is O=C(Cc1noc2ccccc12)NCCc1noc(C2CCCO2)n1. The zero-order valence-electron chi connectivity index (χ0n) is 13.6. The van der Waals surface area contributed by atoms with Crippen LogP contribution in [0.2, 0.25) is 0 Å². The average Bonchev–Trinajstić information content (AvgIpc) is 3.35. The molecule has 1 aliphatic rings. The van der Waals surface area contributed by atoms with E-state index in [1.54, 1.807) is 0 Å². The lowest BCUT2D eigenvalue weighted by Gasteiger charge is -2.02. The molecule has 1 unspecified atom stereocenters. The minimum Gasteiger partial charge on any atom is -0.368 e. The van der Waals surface area contributed by atoms with Crippen molar-refractivity contribution in [2.24, 2.45) is 0 Å². The molecule has 2 aromatic heterocycles. The number of nitrogens with zero attached hydrogens (tertiary/aromatic N) is 3. The fourth-order valence-electron chi connectivity index (χ4n) is 2.87. The van der Waals surface area contributed by atoms with E-state index in [1.807, 2.05) is 24.3 Å². The number of carbonyl (C=O) groups excluding carboxylic acids is 1. The van der Waals surface area contributed by atoms with Gasteiger partial charge in [0.15, 0.2) is 11.4 Å². The lowest BCUT2D eigenvalue weighted by molar-refractivity contribution is -0.120. The van der Waals surface area contributed by atoms with Crippen molar-refractivity contribution < 1.29 is 18.6 Å². The van der Waals surface area contributed by atoms with Gasteiger partial charge in [-0.2, -0.15) is 4.98 Å². The Morgan fingerprint density at radius 3 is 3.04 bits per heavy atom. The molecular weight excluding hydrogens is 324 g/mol. The van der Waals surface area contributed by atoms with Crippen LogP contribution in [0, 0.1) is 0 Å². The lowest BCUT2D eigenvalue weighted by atomic mass is 10.1. The number of carbonyl (C=O) groups is 1. The van der Waals surface area contributed by atoms with E-state index in [0.717, 1.165) is 24.8 Å². The van der Waals surface area contributed by atoms with E-state index in [9.17, 15) is 4.79 Å². The highest BCUT2D eigenvalue weighted by Gasteiger charge is 2.23. The summed E-state index contributed by atoms with van der Waals surface area (Å²) in [5, 5.41) is 11.6. The minimum atomic E-state index is -0.123. The van der Waals surface area contributed by atoms with Crippen LogP contribution in [0.1, 0.15) is 36.4 Å². The first-order valence-corrected chi connectivity index (χ1v) is 8.33. The minimum absolute atomic E-state index is 0.0868. The molecule has 1 aliphatic heterocycles. The van der Waals surface area contributed by atoms with Gasteiger partial charge in [0.1, 0.15) is 11.8 Å². The highest BCUT2D eigenvalue weighted by Crippen LogP contribution is 2.26. The third kappa shape index (κ3) is 3.53. The number of nitrogens with one attached hydrogen (secondary N) is 1. The quantitative estimate of drug-likeness (QED) is 0.730. The summed E-state index contributed by atoms with van der Waals surface area (Å²) in [6, 6.07) is 7.47. The fourth-order valence-corrected chi connectivity index (χ4v) is 2.87. The normalized spacial score (nSPS) is 17.2. The maximum Gasteiger partial charge on any atom is 0.255 e. The van der Waals surface area contributed by atoms with Crippen LogP contribution in [0.15, 0.2) is 33.3 Å². The van der Waals surface area contributed by atoms with Crippen LogP contribution in [-0.4, -0.2) is 34.4 Å². The molecule has 0 aliphatic carbocycles. The smallest absolute Gasteiger partial charge is 0.255 e. The average molecular weight is 342 g/mol. The Kier molecular flexibility index (Phi) is 4.43. The van der Waals surface area contributed by atoms with Gasteiger partial charge in [0.25, 0.3) is 5.89 Å². The lowest BCUT2D eigenvalue weighted by Crippen LogP contribution is -2.27. The van der Waals surface area contributed by atoms with Crippen molar-refractivity contribution in [1.82, 2.24) is 20.6 Å². The molecule has 1 atom stereocenters. The summed E-state index contributed by atoms with van der Waals surface area (Å²) in [5.41, 5.74) is 1.31. The summed E-state index contributed by atoms with van der Waals surface area (Å²) in [6.45, 7) is 1.16. The molecule has 8 heteroatoms. The summed E-state index contributed by atoms with van der Waals surface area (Å²) < 4.78 is 15.9. The Morgan fingerprint density at radius 1 is 1.24 bits per heavy atom. The number of hydrogen-bond donors (Lipinski definition) is 1. The van der Waals surface area contributed by atoms with Crippen LogP contribution in [0.4, 0.5) is 0 Å². The first kappa shape index (κ1) is 15.8. The summed E-state index contributed by atoms with van der Waals surface area (Å²) in [5.74, 6) is 0.965. The second-order valence-corrected chi connectivity index (χ2v) is 5.95. The molecule has 0 saturated carbocycles. The van der Waals surface area contributed by atoms with Gasteiger partial charge in [0, 0.05) is 25.0 Å². The molecule has 3 heterocycles. The number of ether oxygens (including phenoxy) is 1. The molecule has 4 rings (SSSR count). The van der Waals surface area contributed by atoms with Gasteiger partial charge in [0.2, 0.25) is 5.91 Å². The predicted octanol–water partition coefficient (Wildman–Crippen LogP) is 1.96. The molecule has 1 amide bonds. The number of para-hydroxylation sites is 1. The molecule has 1 fully saturated rings. The highest BCUT2D eigenvalue weighted by atomic mass is 16.5. The topological polar surface area (TPSA) is 103 Å². The van der Waals surface area contributed by atoms with Crippen LogP contribution >= 0.6 is 0 Å². The second kappa shape index (κ2) is 7.02. The van der Waals surface area contributed by atoms with Crippen LogP contribution in [0.25, 0.3) is 11.0 Å². The van der Waals surface area contributed by atoms with Crippen molar-refractivity contribution in [3.63, 3.8) is 0 Å². The van der Waals surface area contributed by atoms with E-state index < -0.39 is 0 Å². The van der Waals surface area contributed by atoms with Gasteiger partial charge in [0.05, 0.1) is 6.42 Å². The van der Waals surface area contributed by atoms with E-state index in [2.05, 4.69) is 20.6 Å². The molecule has 8 nitrogen and oxygen atoms in total. The number of aromatic nitrogens is 3. The zero-order chi connectivity index (χ0) is 17.1. The van der Waals surface area contributed by atoms with Crippen molar-refractivity contribution in [1.29, 1.82) is 0 Å². The number of rotatable bonds is 6. The molecule has 0 bridgehead atoms. The Labute approximate surface area is 143 Å². The summed E-state index contributed by atoms with van der Waals surface area (Å²) in [4.78, 5) is 16.4. The number of fused-ring (bicyclic) bond motifs is 1. The molecule has 25 heavy (non-hydrogen) atoms. The summed E-state index contributed by atoms with van der Waals surface area (Å²) in [7, 11) is 0.